The smallest absolute Gasteiger partial charge is 0.293 e. The summed E-state index contributed by atoms with van der Waals surface area (Å²) in [5, 5.41) is 10.9. The monoisotopic (exact) mass is 372 g/mol. The van der Waals surface area contributed by atoms with E-state index in [1.165, 1.54) is 6.21 Å². The molecule has 0 unspecified atom stereocenters. The molecule has 126 valence electrons. The van der Waals surface area contributed by atoms with Crippen molar-refractivity contribution in [1.82, 2.24) is 14.9 Å². The molecule has 25 heavy (non-hydrogen) atoms. The molecule has 1 heterocycles. The molecular weight excluding hydrogens is 360 g/mol. The van der Waals surface area contributed by atoms with Gasteiger partial charge in [0.2, 0.25) is 4.77 Å². The van der Waals surface area contributed by atoms with Crippen LogP contribution in [0.15, 0.2) is 64.6 Å². The van der Waals surface area contributed by atoms with E-state index < -0.39 is 5.56 Å². The van der Waals surface area contributed by atoms with E-state index >= 15 is 0 Å². The third kappa shape index (κ3) is 4.40. The fourth-order valence-corrected chi connectivity index (χ4v) is 2.42. The van der Waals surface area contributed by atoms with E-state index in [1.54, 1.807) is 6.07 Å². The van der Waals surface area contributed by atoms with Gasteiger partial charge in [0.05, 0.1) is 6.21 Å². The number of ether oxygens (including phenoxy) is 1. The van der Waals surface area contributed by atoms with Gasteiger partial charge in [-0.3, -0.25) is 9.89 Å². The van der Waals surface area contributed by atoms with Crippen molar-refractivity contribution < 1.29 is 4.74 Å². The Morgan fingerprint density at radius 3 is 2.92 bits per heavy atom. The first kappa shape index (κ1) is 17.1. The summed E-state index contributed by atoms with van der Waals surface area (Å²) in [5.41, 5.74) is 1.25. The topological polar surface area (TPSA) is 72.3 Å². The lowest BCUT2D eigenvalue weighted by atomic mass is 10.2. The predicted octanol–water partition coefficient (Wildman–Crippen LogP) is 3.42. The highest BCUT2D eigenvalue weighted by Crippen LogP contribution is 2.19. The average molecular weight is 373 g/mol. The zero-order valence-corrected chi connectivity index (χ0v) is 14.5. The minimum absolute atomic E-state index is 0.120. The zero-order valence-electron chi connectivity index (χ0n) is 12.9. The van der Waals surface area contributed by atoms with Crippen molar-refractivity contribution >= 4 is 30.0 Å². The molecule has 8 heteroatoms. The summed E-state index contributed by atoms with van der Waals surface area (Å²) >= 11 is 11.1. The first-order valence-electron chi connectivity index (χ1n) is 7.31. The summed E-state index contributed by atoms with van der Waals surface area (Å²) in [6, 6.07) is 14.8. The summed E-state index contributed by atoms with van der Waals surface area (Å²) in [6.45, 7) is 0.356. The molecule has 0 fully saturated rings. The quantitative estimate of drug-likeness (QED) is 0.550. The largest absolute Gasteiger partial charge is 0.489 e. The Morgan fingerprint density at radius 1 is 1.28 bits per heavy atom. The lowest BCUT2D eigenvalue weighted by Gasteiger charge is -2.08. The first-order valence-corrected chi connectivity index (χ1v) is 8.09. The van der Waals surface area contributed by atoms with Gasteiger partial charge < -0.3 is 4.74 Å². The zero-order chi connectivity index (χ0) is 17.6. The molecule has 0 atom stereocenters. The van der Waals surface area contributed by atoms with Gasteiger partial charge in [0.1, 0.15) is 18.6 Å². The highest BCUT2D eigenvalue weighted by atomic mass is 35.5. The lowest BCUT2D eigenvalue weighted by Crippen LogP contribution is -2.18. The van der Waals surface area contributed by atoms with Gasteiger partial charge in [-0.25, -0.2) is 0 Å². The Hall–Kier alpha value is -2.77. The van der Waals surface area contributed by atoms with Crippen LogP contribution in [0.25, 0.3) is 0 Å². The van der Waals surface area contributed by atoms with Crippen LogP contribution in [-0.4, -0.2) is 21.1 Å². The molecule has 0 aliphatic carbocycles. The summed E-state index contributed by atoms with van der Waals surface area (Å²) in [6.07, 6.45) is 2.63. The molecule has 3 aromatic rings. The van der Waals surface area contributed by atoms with Crippen LogP contribution in [0.2, 0.25) is 5.02 Å². The molecule has 0 amide bonds. The summed E-state index contributed by atoms with van der Waals surface area (Å²) in [4.78, 5) is 11.7. The van der Waals surface area contributed by atoms with Gasteiger partial charge in [-0.1, -0.05) is 41.9 Å². The van der Waals surface area contributed by atoms with Crippen LogP contribution in [0, 0.1) is 4.77 Å². The van der Waals surface area contributed by atoms with Crippen LogP contribution in [-0.2, 0) is 6.61 Å². The van der Waals surface area contributed by atoms with E-state index in [4.69, 9.17) is 28.6 Å². The van der Waals surface area contributed by atoms with Gasteiger partial charge in [0.15, 0.2) is 0 Å². The lowest BCUT2D eigenvalue weighted by molar-refractivity contribution is 0.306. The Labute approximate surface area is 153 Å². The Morgan fingerprint density at radius 2 is 2.12 bits per heavy atom. The Balaban J connectivity index is 1.76. The van der Waals surface area contributed by atoms with E-state index in [2.05, 4.69) is 15.3 Å². The molecule has 0 aliphatic rings. The highest BCUT2D eigenvalue weighted by molar-refractivity contribution is 7.71. The second-order valence-corrected chi connectivity index (χ2v) is 5.82. The molecule has 0 radical (unpaired) electrons. The average Bonchev–Trinajstić information content (AvgIpc) is 2.61. The maximum atomic E-state index is 11.7. The third-order valence-electron chi connectivity index (χ3n) is 3.27. The van der Waals surface area contributed by atoms with Crippen LogP contribution in [0.4, 0.5) is 0 Å². The molecular formula is C17H13ClN4O2S. The highest BCUT2D eigenvalue weighted by Gasteiger charge is 2.01. The molecule has 1 aromatic heterocycles. The van der Waals surface area contributed by atoms with E-state index in [0.717, 1.165) is 22.0 Å². The number of benzene rings is 2. The number of H-pyrrole nitrogens is 1. The van der Waals surface area contributed by atoms with Gasteiger partial charge >= 0.3 is 0 Å². The minimum atomic E-state index is -0.411. The number of hydrogen-bond acceptors (Lipinski definition) is 5. The van der Waals surface area contributed by atoms with E-state index in [1.807, 2.05) is 42.5 Å². The molecule has 0 saturated heterocycles. The van der Waals surface area contributed by atoms with Gasteiger partial charge in [-0.05, 0) is 36.0 Å². The van der Waals surface area contributed by atoms with Crippen molar-refractivity contribution in [3.8, 4) is 5.75 Å². The normalized spacial score (nSPS) is 10.9. The molecule has 2 aromatic carbocycles. The second-order valence-electron chi connectivity index (χ2n) is 5.02. The number of aromatic amines is 1. The van der Waals surface area contributed by atoms with Crippen molar-refractivity contribution in [1.29, 1.82) is 0 Å². The van der Waals surface area contributed by atoms with Crippen LogP contribution in [0.5, 0.6) is 5.75 Å². The number of aromatic nitrogens is 3. The van der Waals surface area contributed by atoms with Crippen LogP contribution in [0.3, 0.4) is 0 Å². The number of halogens is 1. The maximum absolute atomic E-state index is 11.7. The van der Waals surface area contributed by atoms with Crippen molar-refractivity contribution in [3.05, 3.63) is 86.0 Å². The van der Waals surface area contributed by atoms with Crippen molar-refractivity contribution in [2.75, 3.05) is 0 Å². The van der Waals surface area contributed by atoms with E-state index in [9.17, 15) is 4.79 Å². The van der Waals surface area contributed by atoms with Crippen LogP contribution < -0.4 is 10.3 Å². The maximum Gasteiger partial charge on any atom is 0.293 e. The predicted molar refractivity (Wildman–Crippen MR) is 98.9 cm³/mol. The van der Waals surface area contributed by atoms with E-state index in [-0.39, 0.29) is 4.77 Å². The van der Waals surface area contributed by atoms with Crippen molar-refractivity contribution in [3.63, 3.8) is 0 Å². The van der Waals surface area contributed by atoms with Crippen molar-refractivity contribution in [2.45, 2.75) is 6.61 Å². The number of nitrogens with one attached hydrogen (secondary N) is 1. The van der Waals surface area contributed by atoms with Gasteiger partial charge in [-0.15, -0.1) is 0 Å². The molecule has 0 bridgehead atoms. The van der Waals surface area contributed by atoms with Crippen LogP contribution in [0.1, 0.15) is 11.1 Å². The SMILES string of the molecule is O=c1cn[nH]c(=S)n1/N=C/c1cccc(OCc2ccccc2Cl)c1. The Bertz CT molecular complexity index is 1000. The minimum Gasteiger partial charge on any atom is -0.489 e. The fourth-order valence-electron chi connectivity index (χ4n) is 2.04. The molecule has 6 nitrogen and oxygen atoms in total. The summed E-state index contributed by atoms with van der Waals surface area (Å²) in [5.74, 6) is 0.663. The number of rotatable bonds is 5. The van der Waals surface area contributed by atoms with Gasteiger partial charge in [0, 0.05) is 10.6 Å². The molecule has 0 saturated carbocycles. The third-order valence-corrected chi connectivity index (χ3v) is 3.90. The molecule has 3 rings (SSSR count). The summed E-state index contributed by atoms with van der Waals surface area (Å²) < 4.78 is 6.94. The molecule has 1 N–H and O–H groups in total. The standard InChI is InChI=1S/C17H13ClN4O2S/c18-15-7-2-1-5-13(15)11-24-14-6-3-4-12(8-14)9-20-22-16(23)10-19-21-17(22)25/h1-10H,11H2,(H,21,25)/b20-9+. The molecule has 0 aliphatic heterocycles. The molecule has 0 spiro atoms. The number of hydrogen-bond donors (Lipinski definition) is 1. The Kier molecular flexibility index (Phi) is 5.37. The van der Waals surface area contributed by atoms with Gasteiger partial charge in [-0.2, -0.15) is 14.9 Å². The fraction of sp³-hybridized carbons (Fsp3) is 0.0588. The summed E-state index contributed by atoms with van der Waals surface area (Å²) in [7, 11) is 0. The first-order chi connectivity index (χ1) is 12.1. The van der Waals surface area contributed by atoms with E-state index in [0.29, 0.717) is 17.4 Å². The van der Waals surface area contributed by atoms with Crippen molar-refractivity contribution in [2.24, 2.45) is 5.10 Å². The number of nitrogens with zero attached hydrogens (tertiary/aromatic N) is 3. The second kappa shape index (κ2) is 7.87. The van der Waals surface area contributed by atoms with Crippen LogP contribution >= 0.6 is 23.8 Å². The van der Waals surface area contributed by atoms with Gasteiger partial charge in [0.25, 0.3) is 5.56 Å².